The molecule has 2 heterocycles. The Balaban J connectivity index is 1.56. The van der Waals surface area contributed by atoms with Crippen LogP contribution in [0.15, 0.2) is 133 Å². The van der Waals surface area contributed by atoms with Crippen molar-refractivity contribution >= 4 is 27.6 Å². The van der Waals surface area contributed by atoms with E-state index in [9.17, 15) is 4.79 Å². The number of carbonyl (C=O) groups excluding carboxylic acids is 1. The Morgan fingerprint density at radius 2 is 1.42 bits per heavy atom. The molecule has 0 bridgehead atoms. The van der Waals surface area contributed by atoms with E-state index in [0.29, 0.717) is 12.0 Å². The molecule has 5 nitrogen and oxygen atoms in total. The Hall–Kier alpha value is -5.59. The number of hydrogen-bond acceptors (Lipinski definition) is 3. The van der Waals surface area contributed by atoms with Crippen LogP contribution in [0.4, 0.5) is 4.48 Å². The molecule has 0 aliphatic rings. The third-order valence-corrected chi connectivity index (χ3v) is 11.1. The molecule has 2 aromatic heterocycles. The van der Waals surface area contributed by atoms with E-state index in [1.165, 1.54) is 35.3 Å². The maximum Gasteiger partial charge on any atom is 0.152 e. The number of nitrogens with zero attached hydrogens (tertiary/aromatic N) is 4. The van der Waals surface area contributed by atoms with Crippen LogP contribution in [0.2, 0.25) is 0 Å². The average molecular weight is 731 g/mol. The minimum Gasteiger partial charge on any atom is -0.309 e. The number of hydrogen-bond donors (Lipinski definition) is 0. The number of ketones is 1. The van der Waals surface area contributed by atoms with Gasteiger partial charge in [-0.25, -0.2) is 4.98 Å². The molecule has 0 spiro atoms. The third kappa shape index (κ3) is 6.96. The summed E-state index contributed by atoms with van der Waals surface area (Å²) in [6.45, 7) is 16.3. The van der Waals surface area contributed by atoms with Crippen molar-refractivity contribution in [3.8, 4) is 33.9 Å². The Labute approximate surface area is 324 Å². The van der Waals surface area contributed by atoms with E-state index in [-0.39, 0.29) is 24.2 Å². The van der Waals surface area contributed by atoms with Gasteiger partial charge in [-0.1, -0.05) is 107 Å². The molecule has 0 saturated heterocycles. The molecule has 0 saturated carbocycles. The molecule has 5 aromatic carbocycles. The van der Waals surface area contributed by atoms with Crippen molar-refractivity contribution in [3.63, 3.8) is 0 Å². The van der Waals surface area contributed by atoms with E-state index in [0.717, 1.165) is 55.3 Å². The number of rotatable bonds is 12. The van der Waals surface area contributed by atoms with Gasteiger partial charge in [0.05, 0.1) is 28.8 Å². The van der Waals surface area contributed by atoms with Crippen molar-refractivity contribution in [2.75, 3.05) is 6.54 Å². The highest BCUT2D eigenvalue weighted by Gasteiger charge is 2.37. The van der Waals surface area contributed by atoms with Crippen LogP contribution < -0.4 is 0 Å². The van der Waals surface area contributed by atoms with Crippen molar-refractivity contribution in [2.45, 2.75) is 79.2 Å². The highest BCUT2D eigenvalue weighted by Crippen LogP contribution is 2.45. The van der Waals surface area contributed by atoms with Gasteiger partial charge in [-0.3, -0.25) is 9.36 Å². The SMILES string of the molecule is CCC(C)(c1cc2c(cc1-c1nccn1-c1c(C(C)C)cc(-c3ccccc3)cc1C(C)C)c1ccccc1n2-c1ccccc1)N(F)C/C(C)=C\C(C)=O. The number of carbonyl (C=O) groups is 1. The van der Waals surface area contributed by atoms with Crippen LogP contribution in [0.1, 0.15) is 90.3 Å². The summed E-state index contributed by atoms with van der Waals surface area (Å²) in [6.07, 6.45) is 5.92. The van der Waals surface area contributed by atoms with Gasteiger partial charge in [-0.05, 0) is 115 Å². The van der Waals surface area contributed by atoms with Gasteiger partial charge in [0.15, 0.2) is 5.78 Å². The number of halogens is 1. The molecule has 6 heteroatoms. The fourth-order valence-electron chi connectivity index (χ4n) is 8.10. The van der Waals surface area contributed by atoms with Crippen molar-refractivity contribution < 1.29 is 9.28 Å². The van der Waals surface area contributed by atoms with Gasteiger partial charge in [0.2, 0.25) is 0 Å². The summed E-state index contributed by atoms with van der Waals surface area (Å²) >= 11 is 0. The van der Waals surface area contributed by atoms with Gasteiger partial charge in [-0.15, -0.1) is 9.60 Å². The van der Waals surface area contributed by atoms with Crippen LogP contribution in [0.5, 0.6) is 0 Å². The highest BCUT2D eigenvalue weighted by atomic mass is 19.2. The normalized spacial score (nSPS) is 13.4. The molecular formula is C49H51FN4O. The van der Waals surface area contributed by atoms with Crippen LogP contribution in [0.3, 0.4) is 0 Å². The molecule has 55 heavy (non-hydrogen) atoms. The molecule has 0 aliphatic carbocycles. The zero-order valence-electron chi connectivity index (χ0n) is 33.3. The van der Waals surface area contributed by atoms with Crippen molar-refractivity contribution in [1.82, 2.24) is 19.2 Å². The van der Waals surface area contributed by atoms with Crippen LogP contribution in [-0.2, 0) is 10.3 Å². The van der Waals surface area contributed by atoms with E-state index in [4.69, 9.17) is 4.98 Å². The fourth-order valence-corrected chi connectivity index (χ4v) is 8.10. The van der Waals surface area contributed by atoms with Gasteiger partial charge in [-0.2, -0.15) is 0 Å². The summed E-state index contributed by atoms with van der Waals surface area (Å²) in [5.74, 6) is 1.10. The van der Waals surface area contributed by atoms with Gasteiger partial charge >= 0.3 is 0 Å². The van der Waals surface area contributed by atoms with E-state index >= 15 is 4.48 Å². The molecule has 1 atom stereocenters. The standard InChI is InChI=1S/C49H51FN4O/c1-9-49(8,53(50)31-34(6)26-35(7)55)44-30-46-42(39-22-16-17-23-45(39)54(46)38-20-14-11-15-21-38)29-43(44)48-51-24-25-52(48)47-40(32(2)3)27-37(28-41(47)33(4)5)36-18-12-10-13-19-36/h10-30,32-33H,9,31H2,1-8H3/b34-26-. The van der Waals surface area contributed by atoms with Crippen molar-refractivity contribution in [3.05, 3.63) is 150 Å². The molecular weight excluding hydrogens is 680 g/mol. The lowest BCUT2D eigenvalue weighted by molar-refractivity contribution is -0.112. The molecule has 7 aromatic rings. The second-order valence-corrected chi connectivity index (χ2v) is 15.7. The van der Waals surface area contributed by atoms with E-state index in [1.54, 1.807) is 0 Å². The monoisotopic (exact) mass is 730 g/mol. The Morgan fingerprint density at radius 3 is 2.04 bits per heavy atom. The molecule has 0 fully saturated rings. The first-order valence-electron chi connectivity index (χ1n) is 19.4. The first-order chi connectivity index (χ1) is 26.4. The lowest BCUT2D eigenvalue weighted by Gasteiger charge is -2.36. The number of allylic oxidation sites excluding steroid dienone is 1. The predicted octanol–water partition coefficient (Wildman–Crippen LogP) is 12.9. The first-order valence-corrected chi connectivity index (χ1v) is 19.4. The lowest BCUT2D eigenvalue weighted by atomic mass is 9.83. The Bertz CT molecular complexity index is 2500. The molecule has 0 aliphatic heterocycles. The summed E-state index contributed by atoms with van der Waals surface area (Å²) in [6, 6.07) is 38.4. The summed E-state index contributed by atoms with van der Waals surface area (Å²) in [5, 5.41) is 3.08. The number of imidazole rings is 1. The van der Waals surface area contributed by atoms with Crippen LogP contribution in [-0.4, -0.2) is 31.6 Å². The minimum absolute atomic E-state index is 0.00649. The molecule has 0 radical (unpaired) electrons. The van der Waals surface area contributed by atoms with Gasteiger partial charge in [0, 0.05) is 34.4 Å². The summed E-state index contributed by atoms with van der Waals surface area (Å²) in [7, 11) is 0. The van der Waals surface area contributed by atoms with Gasteiger partial charge in [0.25, 0.3) is 0 Å². The third-order valence-electron chi connectivity index (χ3n) is 11.1. The molecule has 0 amide bonds. The van der Waals surface area contributed by atoms with Crippen molar-refractivity contribution in [1.29, 1.82) is 0 Å². The van der Waals surface area contributed by atoms with Crippen molar-refractivity contribution in [2.24, 2.45) is 0 Å². The quantitative estimate of drug-likeness (QED) is 0.0928. The molecule has 7 rings (SSSR count). The largest absolute Gasteiger partial charge is 0.309 e. The average Bonchev–Trinajstić information content (AvgIpc) is 3.79. The second kappa shape index (κ2) is 15.3. The van der Waals surface area contributed by atoms with Gasteiger partial charge in [0.1, 0.15) is 5.82 Å². The maximum absolute atomic E-state index is 17.1. The van der Waals surface area contributed by atoms with Crippen LogP contribution in [0, 0.1) is 0 Å². The van der Waals surface area contributed by atoms with Crippen LogP contribution >= 0.6 is 0 Å². The zero-order chi connectivity index (χ0) is 39.0. The molecule has 1 unspecified atom stereocenters. The molecule has 280 valence electrons. The lowest BCUT2D eigenvalue weighted by Crippen LogP contribution is -2.39. The molecule has 0 N–H and O–H groups in total. The van der Waals surface area contributed by atoms with Gasteiger partial charge < -0.3 is 4.57 Å². The number of benzene rings is 5. The number of fused-ring (bicyclic) bond motifs is 3. The first kappa shape index (κ1) is 37.7. The zero-order valence-corrected chi connectivity index (χ0v) is 33.3. The minimum atomic E-state index is -1.08. The van der Waals surface area contributed by atoms with E-state index < -0.39 is 5.54 Å². The topological polar surface area (TPSA) is 43.1 Å². The Kier molecular flexibility index (Phi) is 10.5. The smallest absolute Gasteiger partial charge is 0.152 e. The number of para-hydroxylation sites is 2. The van der Waals surface area contributed by atoms with E-state index in [1.807, 2.05) is 45.2 Å². The summed E-state index contributed by atoms with van der Waals surface area (Å²) in [4.78, 5) is 17.2. The van der Waals surface area contributed by atoms with Crippen LogP contribution in [0.25, 0.3) is 55.7 Å². The summed E-state index contributed by atoms with van der Waals surface area (Å²) < 4.78 is 21.6. The highest BCUT2D eigenvalue weighted by molar-refractivity contribution is 6.11. The summed E-state index contributed by atoms with van der Waals surface area (Å²) in [5.41, 5.74) is 10.3. The number of aromatic nitrogens is 3. The predicted molar refractivity (Wildman–Crippen MR) is 227 cm³/mol. The van der Waals surface area contributed by atoms with E-state index in [2.05, 4.69) is 134 Å². The Morgan fingerprint density at radius 1 is 0.800 bits per heavy atom. The maximum atomic E-state index is 17.1. The fraction of sp³-hybridized carbons (Fsp3) is 0.265. The second-order valence-electron chi connectivity index (χ2n) is 15.7.